The van der Waals surface area contributed by atoms with Gasteiger partial charge in [0.2, 0.25) is 0 Å². The molecule has 1 atom stereocenters. The van der Waals surface area contributed by atoms with Crippen LogP contribution in [0.3, 0.4) is 0 Å². The van der Waals surface area contributed by atoms with Crippen molar-refractivity contribution >= 4 is 40.5 Å². The molecular weight excluding hydrogens is 400 g/mol. The number of nitro benzene ring substituents is 1. The molecule has 2 rings (SSSR count). The van der Waals surface area contributed by atoms with Crippen molar-refractivity contribution in [3.05, 3.63) is 62.7 Å². The van der Waals surface area contributed by atoms with Crippen molar-refractivity contribution in [2.75, 3.05) is 24.3 Å². The fraction of sp³-hybridized carbons (Fsp3) is 0.211. The van der Waals surface area contributed by atoms with E-state index in [0.717, 1.165) is 6.07 Å². The Kier molecular flexibility index (Phi) is 6.75. The molecule has 0 aliphatic heterocycles. The molecule has 1 amide bonds. The SMILES string of the molecule is C[C@@H](OC(=O)c1ccc(N(C)C)c([N+](=O)[O-])c1)C(=O)Nc1ccc(C#N)c(Cl)c1. The topological polar surface area (TPSA) is 126 Å². The maximum Gasteiger partial charge on any atom is 0.339 e. The first kappa shape index (κ1) is 21.7. The minimum atomic E-state index is -1.18. The Morgan fingerprint density at radius 1 is 1.28 bits per heavy atom. The Bertz CT molecular complexity index is 1020. The van der Waals surface area contributed by atoms with E-state index in [9.17, 15) is 19.7 Å². The van der Waals surface area contributed by atoms with Crippen LogP contribution in [-0.2, 0) is 9.53 Å². The average molecular weight is 417 g/mol. The van der Waals surface area contributed by atoms with Gasteiger partial charge in [-0.1, -0.05) is 11.6 Å². The summed E-state index contributed by atoms with van der Waals surface area (Å²) in [6, 6.07) is 10.1. The van der Waals surface area contributed by atoms with Gasteiger partial charge in [0.05, 0.1) is 21.1 Å². The summed E-state index contributed by atoms with van der Waals surface area (Å²) in [6.07, 6.45) is -1.18. The molecule has 29 heavy (non-hydrogen) atoms. The molecule has 9 nitrogen and oxygen atoms in total. The van der Waals surface area contributed by atoms with Crippen LogP contribution in [-0.4, -0.2) is 37.0 Å². The monoisotopic (exact) mass is 416 g/mol. The lowest BCUT2D eigenvalue weighted by atomic mass is 10.1. The average Bonchev–Trinajstić information content (AvgIpc) is 2.67. The van der Waals surface area contributed by atoms with E-state index >= 15 is 0 Å². The van der Waals surface area contributed by atoms with Crippen LogP contribution in [0.1, 0.15) is 22.8 Å². The Balaban J connectivity index is 2.11. The Labute approximate surface area is 171 Å². The number of rotatable bonds is 6. The summed E-state index contributed by atoms with van der Waals surface area (Å²) >= 11 is 5.91. The number of nitrogens with zero attached hydrogens (tertiary/aromatic N) is 3. The molecule has 0 fully saturated rings. The maximum absolute atomic E-state index is 12.3. The summed E-state index contributed by atoms with van der Waals surface area (Å²) in [4.78, 5) is 36.7. The van der Waals surface area contributed by atoms with E-state index in [0.29, 0.717) is 11.4 Å². The van der Waals surface area contributed by atoms with Crippen LogP contribution in [0.15, 0.2) is 36.4 Å². The quantitative estimate of drug-likeness (QED) is 0.434. The van der Waals surface area contributed by atoms with Crippen LogP contribution in [0.4, 0.5) is 17.1 Å². The summed E-state index contributed by atoms with van der Waals surface area (Å²) in [5.74, 6) is -1.50. The summed E-state index contributed by atoms with van der Waals surface area (Å²) in [7, 11) is 3.28. The van der Waals surface area contributed by atoms with Gasteiger partial charge in [-0.2, -0.15) is 5.26 Å². The molecule has 2 aromatic rings. The molecule has 0 aliphatic carbocycles. The number of carbonyl (C=O) groups is 2. The first-order valence-electron chi connectivity index (χ1n) is 8.31. The third-order valence-electron chi connectivity index (χ3n) is 3.90. The second kappa shape index (κ2) is 9.03. The number of hydrogen-bond donors (Lipinski definition) is 1. The van der Waals surface area contributed by atoms with Crippen LogP contribution in [0.5, 0.6) is 0 Å². The van der Waals surface area contributed by atoms with Gasteiger partial charge < -0.3 is 15.0 Å². The number of anilines is 2. The molecule has 0 radical (unpaired) electrons. The molecule has 0 saturated heterocycles. The molecule has 0 bridgehead atoms. The predicted octanol–water partition coefficient (Wildman–Crippen LogP) is 3.37. The molecular formula is C19H17ClN4O5. The van der Waals surface area contributed by atoms with Crippen molar-refractivity contribution in [1.29, 1.82) is 5.26 Å². The van der Waals surface area contributed by atoms with Crippen molar-refractivity contribution < 1.29 is 19.2 Å². The molecule has 2 aromatic carbocycles. The van der Waals surface area contributed by atoms with Crippen LogP contribution in [0.2, 0.25) is 5.02 Å². The van der Waals surface area contributed by atoms with E-state index in [1.54, 1.807) is 19.0 Å². The lowest BCUT2D eigenvalue weighted by Gasteiger charge is -2.15. The van der Waals surface area contributed by atoms with Gasteiger partial charge in [-0.15, -0.1) is 0 Å². The number of esters is 1. The minimum Gasteiger partial charge on any atom is -0.449 e. The Morgan fingerprint density at radius 3 is 2.52 bits per heavy atom. The van der Waals surface area contributed by atoms with E-state index in [4.69, 9.17) is 21.6 Å². The number of carbonyl (C=O) groups excluding carboxylic acids is 2. The molecule has 1 N–H and O–H groups in total. The molecule has 10 heteroatoms. The minimum absolute atomic E-state index is 0.0524. The van der Waals surface area contributed by atoms with E-state index in [2.05, 4.69) is 5.32 Å². The molecule has 0 aromatic heterocycles. The first-order chi connectivity index (χ1) is 13.6. The zero-order valence-electron chi connectivity index (χ0n) is 15.8. The fourth-order valence-electron chi connectivity index (χ4n) is 2.38. The van der Waals surface area contributed by atoms with Crippen LogP contribution in [0, 0.1) is 21.4 Å². The summed E-state index contributed by atoms with van der Waals surface area (Å²) in [6.45, 7) is 1.36. The summed E-state index contributed by atoms with van der Waals surface area (Å²) in [5, 5.41) is 22.8. The fourth-order valence-corrected chi connectivity index (χ4v) is 2.61. The summed E-state index contributed by atoms with van der Waals surface area (Å²) in [5.41, 5.74) is 0.604. The highest BCUT2D eigenvalue weighted by atomic mass is 35.5. The van der Waals surface area contributed by atoms with Crippen molar-refractivity contribution in [3.8, 4) is 6.07 Å². The van der Waals surface area contributed by atoms with Gasteiger partial charge in [0.15, 0.2) is 6.10 Å². The van der Waals surface area contributed by atoms with Gasteiger partial charge in [0, 0.05) is 25.8 Å². The number of benzene rings is 2. The van der Waals surface area contributed by atoms with Gasteiger partial charge in [-0.25, -0.2) is 4.79 Å². The molecule has 0 spiro atoms. The Morgan fingerprint density at radius 2 is 1.97 bits per heavy atom. The predicted molar refractivity (Wildman–Crippen MR) is 107 cm³/mol. The van der Waals surface area contributed by atoms with Gasteiger partial charge in [-0.3, -0.25) is 14.9 Å². The molecule has 0 heterocycles. The van der Waals surface area contributed by atoms with Crippen molar-refractivity contribution in [1.82, 2.24) is 0 Å². The zero-order chi connectivity index (χ0) is 21.7. The maximum atomic E-state index is 12.3. The number of halogens is 1. The number of nitrogens with one attached hydrogen (secondary N) is 1. The summed E-state index contributed by atoms with van der Waals surface area (Å²) < 4.78 is 5.11. The van der Waals surface area contributed by atoms with Crippen molar-refractivity contribution in [2.24, 2.45) is 0 Å². The molecule has 0 unspecified atom stereocenters. The van der Waals surface area contributed by atoms with Crippen LogP contribution in [0.25, 0.3) is 0 Å². The Hall–Kier alpha value is -3.64. The normalized spacial score (nSPS) is 11.1. The molecule has 0 saturated carbocycles. The number of nitriles is 1. The van der Waals surface area contributed by atoms with Crippen LogP contribution < -0.4 is 10.2 Å². The van der Waals surface area contributed by atoms with Crippen LogP contribution >= 0.6 is 11.6 Å². The standard InChI is InChI=1S/C19H17ClN4O5/c1-11(18(25)22-14-6-4-13(10-21)15(20)9-14)29-19(26)12-5-7-16(23(2)3)17(8-12)24(27)28/h4-9,11H,1-3H3,(H,22,25)/t11-/m1/s1. The van der Waals surface area contributed by atoms with Gasteiger partial charge >= 0.3 is 5.97 Å². The van der Waals surface area contributed by atoms with Gasteiger partial charge in [0.25, 0.3) is 11.6 Å². The number of amides is 1. The van der Waals surface area contributed by atoms with E-state index in [1.807, 2.05) is 6.07 Å². The smallest absolute Gasteiger partial charge is 0.339 e. The van der Waals surface area contributed by atoms with E-state index < -0.39 is 22.9 Å². The molecule has 150 valence electrons. The number of nitro groups is 1. The van der Waals surface area contributed by atoms with Gasteiger partial charge in [0.1, 0.15) is 11.8 Å². The number of ether oxygens (including phenoxy) is 1. The zero-order valence-corrected chi connectivity index (χ0v) is 16.6. The first-order valence-corrected chi connectivity index (χ1v) is 8.69. The van der Waals surface area contributed by atoms with Gasteiger partial charge in [-0.05, 0) is 37.3 Å². The lowest BCUT2D eigenvalue weighted by Crippen LogP contribution is -2.30. The highest BCUT2D eigenvalue weighted by Crippen LogP contribution is 2.28. The van der Waals surface area contributed by atoms with E-state index in [1.165, 1.54) is 37.3 Å². The third-order valence-corrected chi connectivity index (χ3v) is 4.21. The second-order valence-corrected chi connectivity index (χ2v) is 6.61. The van der Waals surface area contributed by atoms with Crippen molar-refractivity contribution in [2.45, 2.75) is 13.0 Å². The lowest BCUT2D eigenvalue weighted by molar-refractivity contribution is -0.384. The highest BCUT2D eigenvalue weighted by Gasteiger charge is 2.23. The molecule has 0 aliphatic rings. The van der Waals surface area contributed by atoms with E-state index in [-0.39, 0.29) is 21.8 Å². The third kappa shape index (κ3) is 5.21. The second-order valence-electron chi connectivity index (χ2n) is 6.20. The number of hydrogen-bond acceptors (Lipinski definition) is 7. The largest absolute Gasteiger partial charge is 0.449 e. The highest BCUT2D eigenvalue weighted by molar-refractivity contribution is 6.32. The van der Waals surface area contributed by atoms with Crippen molar-refractivity contribution in [3.63, 3.8) is 0 Å².